The molecule has 0 fully saturated rings. The maximum absolute atomic E-state index is 9.01. The lowest BCUT2D eigenvalue weighted by atomic mass is 10.2. The molecule has 1 heterocycles. The molecule has 0 saturated carbocycles. The molecule has 18 heavy (non-hydrogen) atoms. The van der Waals surface area contributed by atoms with Crippen LogP contribution in [0.25, 0.3) is 0 Å². The summed E-state index contributed by atoms with van der Waals surface area (Å²) in [5, 5.41) is 12.1. The Hall–Kier alpha value is -2.54. The van der Waals surface area contributed by atoms with Gasteiger partial charge in [0.2, 0.25) is 0 Å². The Bertz CT molecular complexity index is 575. The van der Waals surface area contributed by atoms with Crippen LogP contribution in [-0.4, -0.2) is 11.6 Å². The molecule has 0 saturated heterocycles. The molecule has 0 radical (unpaired) electrons. The number of hydrogen-bond acceptors (Lipinski definition) is 4. The van der Waals surface area contributed by atoms with Gasteiger partial charge in [0.05, 0.1) is 17.9 Å². The number of nitrogens with one attached hydrogen (secondary N) is 1. The number of rotatable bonds is 4. The van der Waals surface area contributed by atoms with E-state index in [0.717, 1.165) is 11.4 Å². The number of pyridine rings is 1. The van der Waals surface area contributed by atoms with Crippen molar-refractivity contribution < 1.29 is 4.74 Å². The van der Waals surface area contributed by atoms with E-state index in [-0.39, 0.29) is 0 Å². The minimum atomic E-state index is 0.504. The second-order valence-electron chi connectivity index (χ2n) is 3.57. The van der Waals surface area contributed by atoms with E-state index in [4.69, 9.17) is 10.00 Å². The average Bonchev–Trinajstić information content (AvgIpc) is 2.42. The molecule has 0 unspecified atom stereocenters. The van der Waals surface area contributed by atoms with E-state index in [9.17, 15) is 0 Å². The van der Waals surface area contributed by atoms with Crippen molar-refractivity contribution in [1.82, 2.24) is 4.98 Å². The first kappa shape index (κ1) is 11.9. The maximum atomic E-state index is 9.01. The van der Waals surface area contributed by atoms with Crippen molar-refractivity contribution in [3.63, 3.8) is 0 Å². The summed E-state index contributed by atoms with van der Waals surface area (Å²) in [5.74, 6) is 1.28. The Kier molecular flexibility index (Phi) is 3.77. The van der Waals surface area contributed by atoms with E-state index < -0.39 is 0 Å². The number of hydrogen-bond donors (Lipinski definition) is 1. The highest BCUT2D eigenvalue weighted by Gasteiger charge is 2.06. The molecular weight excluding hydrogens is 226 g/mol. The van der Waals surface area contributed by atoms with Gasteiger partial charge in [-0.2, -0.15) is 5.26 Å². The summed E-state index contributed by atoms with van der Waals surface area (Å²) in [7, 11) is 0. The number of ether oxygens (including phenoxy) is 1. The van der Waals surface area contributed by atoms with Gasteiger partial charge in [-0.25, -0.2) is 4.98 Å². The fourth-order valence-electron chi connectivity index (χ4n) is 1.57. The summed E-state index contributed by atoms with van der Waals surface area (Å²) in [5.41, 5.74) is 1.30. The summed E-state index contributed by atoms with van der Waals surface area (Å²) in [6, 6.07) is 13.1. The zero-order valence-electron chi connectivity index (χ0n) is 10.1. The normalized spacial score (nSPS) is 9.56. The van der Waals surface area contributed by atoms with E-state index in [1.807, 2.05) is 31.2 Å². The van der Waals surface area contributed by atoms with Crippen LogP contribution >= 0.6 is 0 Å². The van der Waals surface area contributed by atoms with Gasteiger partial charge in [0.1, 0.15) is 17.6 Å². The standard InChI is InChI=1S/C14H13N3O/c1-2-18-13-8-4-3-7-12(13)17-14-11(10-15)6-5-9-16-14/h3-9H,2H2,1H3,(H,16,17). The van der Waals surface area contributed by atoms with Crippen molar-refractivity contribution in [2.45, 2.75) is 6.92 Å². The lowest BCUT2D eigenvalue weighted by Crippen LogP contribution is -2.00. The third kappa shape index (κ3) is 2.58. The second kappa shape index (κ2) is 5.69. The molecule has 2 aromatic rings. The van der Waals surface area contributed by atoms with E-state index in [0.29, 0.717) is 18.0 Å². The van der Waals surface area contributed by atoms with Crippen LogP contribution in [0.3, 0.4) is 0 Å². The Balaban J connectivity index is 2.31. The highest BCUT2D eigenvalue weighted by molar-refractivity contribution is 5.67. The predicted octanol–water partition coefficient (Wildman–Crippen LogP) is 3.10. The zero-order valence-corrected chi connectivity index (χ0v) is 10.1. The Morgan fingerprint density at radius 3 is 2.89 bits per heavy atom. The molecule has 1 N–H and O–H groups in total. The van der Waals surface area contributed by atoms with Crippen molar-refractivity contribution >= 4 is 11.5 Å². The van der Waals surface area contributed by atoms with E-state index in [2.05, 4.69) is 16.4 Å². The maximum Gasteiger partial charge on any atom is 0.148 e. The third-order valence-electron chi connectivity index (χ3n) is 2.37. The Labute approximate surface area is 106 Å². The molecule has 0 aliphatic rings. The van der Waals surface area contributed by atoms with Crippen molar-refractivity contribution in [1.29, 1.82) is 5.26 Å². The second-order valence-corrected chi connectivity index (χ2v) is 3.57. The van der Waals surface area contributed by atoms with Crippen LogP contribution < -0.4 is 10.1 Å². The molecule has 90 valence electrons. The van der Waals surface area contributed by atoms with Gasteiger partial charge in [0.15, 0.2) is 0 Å². The highest BCUT2D eigenvalue weighted by Crippen LogP contribution is 2.27. The average molecular weight is 239 g/mol. The summed E-state index contributed by atoms with van der Waals surface area (Å²) in [6.45, 7) is 2.52. The quantitative estimate of drug-likeness (QED) is 0.890. The first-order chi connectivity index (χ1) is 8.85. The van der Waals surface area contributed by atoms with Crippen LogP contribution in [-0.2, 0) is 0 Å². The molecule has 1 aromatic carbocycles. The summed E-state index contributed by atoms with van der Waals surface area (Å²) in [4.78, 5) is 4.16. The number of para-hydroxylation sites is 2. The van der Waals surface area contributed by atoms with Crippen molar-refractivity contribution in [3.8, 4) is 11.8 Å². The molecule has 0 atom stereocenters. The van der Waals surface area contributed by atoms with E-state index in [1.54, 1.807) is 18.3 Å². The largest absolute Gasteiger partial charge is 0.492 e. The van der Waals surface area contributed by atoms with Gasteiger partial charge in [-0.05, 0) is 31.2 Å². The Morgan fingerprint density at radius 2 is 2.11 bits per heavy atom. The molecule has 0 aliphatic heterocycles. The molecule has 4 nitrogen and oxygen atoms in total. The molecule has 2 rings (SSSR count). The van der Waals surface area contributed by atoms with Crippen molar-refractivity contribution in [3.05, 3.63) is 48.2 Å². The number of aromatic nitrogens is 1. The van der Waals surface area contributed by atoms with E-state index in [1.165, 1.54) is 0 Å². The van der Waals surface area contributed by atoms with Crippen LogP contribution in [0, 0.1) is 11.3 Å². The first-order valence-electron chi connectivity index (χ1n) is 5.69. The summed E-state index contributed by atoms with van der Waals surface area (Å²) < 4.78 is 5.51. The molecular formula is C14H13N3O. The highest BCUT2D eigenvalue weighted by atomic mass is 16.5. The van der Waals surface area contributed by atoms with Gasteiger partial charge in [-0.3, -0.25) is 0 Å². The zero-order chi connectivity index (χ0) is 12.8. The minimum Gasteiger partial charge on any atom is -0.492 e. The molecule has 0 bridgehead atoms. The summed E-state index contributed by atoms with van der Waals surface area (Å²) >= 11 is 0. The number of nitrogens with zero attached hydrogens (tertiary/aromatic N) is 2. The molecule has 0 amide bonds. The minimum absolute atomic E-state index is 0.504. The van der Waals surface area contributed by atoms with Crippen LogP contribution in [0.2, 0.25) is 0 Å². The van der Waals surface area contributed by atoms with Crippen molar-refractivity contribution in [2.75, 3.05) is 11.9 Å². The fourth-order valence-corrected chi connectivity index (χ4v) is 1.57. The number of anilines is 2. The van der Waals surface area contributed by atoms with E-state index >= 15 is 0 Å². The van der Waals surface area contributed by atoms with Gasteiger partial charge in [0.25, 0.3) is 0 Å². The van der Waals surface area contributed by atoms with Crippen molar-refractivity contribution in [2.24, 2.45) is 0 Å². The molecule has 1 aromatic heterocycles. The molecule has 4 heteroatoms. The monoisotopic (exact) mass is 239 g/mol. The van der Waals surface area contributed by atoms with Gasteiger partial charge < -0.3 is 10.1 Å². The van der Waals surface area contributed by atoms with Crippen LogP contribution in [0.15, 0.2) is 42.6 Å². The van der Waals surface area contributed by atoms with Crippen LogP contribution in [0.5, 0.6) is 5.75 Å². The first-order valence-corrected chi connectivity index (χ1v) is 5.69. The number of nitriles is 1. The van der Waals surface area contributed by atoms with Gasteiger partial charge in [-0.15, -0.1) is 0 Å². The predicted molar refractivity (Wildman–Crippen MR) is 69.8 cm³/mol. The number of benzene rings is 1. The van der Waals surface area contributed by atoms with Gasteiger partial charge in [0, 0.05) is 6.20 Å². The fraction of sp³-hybridized carbons (Fsp3) is 0.143. The lowest BCUT2D eigenvalue weighted by Gasteiger charge is -2.12. The third-order valence-corrected chi connectivity index (χ3v) is 2.37. The van der Waals surface area contributed by atoms with Crippen LogP contribution in [0.1, 0.15) is 12.5 Å². The van der Waals surface area contributed by atoms with Gasteiger partial charge >= 0.3 is 0 Å². The molecule has 0 aliphatic carbocycles. The molecule has 0 spiro atoms. The topological polar surface area (TPSA) is 57.9 Å². The van der Waals surface area contributed by atoms with Gasteiger partial charge in [-0.1, -0.05) is 12.1 Å². The lowest BCUT2D eigenvalue weighted by molar-refractivity contribution is 0.342. The smallest absolute Gasteiger partial charge is 0.148 e. The summed E-state index contributed by atoms with van der Waals surface area (Å²) in [6.07, 6.45) is 1.65. The van der Waals surface area contributed by atoms with Crippen LogP contribution in [0.4, 0.5) is 11.5 Å². The Morgan fingerprint density at radius 1 is 1.28 bits per heavy atom. The SMILES string of the molecule is CCOc1ccccc1Nc1ncccc1C#N.